The first-order chi connectivity index (χ1) is 44.0. The summed E-state index contributed by atoms with van der Waals surface area (Å²) in [5, 5.41) is 23.2. The zero-order valence-corrected chi connectivity index (χ0v) is 60.4. The molecule has 6 nitrogen and oxygen atoms in total. The van der Waals surface area contributed by atoms with Crippen molar-refractivity contribution in [1.82, 2.24) is 5.32 Å². The summed E-state index contributed by atoms with van der Waals surface area (Å²) < 4.78 is 5.52. The van der Waals surface area contributed by atoms with Gasteiger partial charge in [-0.05, 0) is 64.2 Å². The molecule has 89 heavy (non-hydrogen) atoms. The van der Waals surface area contributed by atoms with Crippen molar-refractivity contribution in [3.05, 3.63) is 36.5 Å². The Morgan fingerprint density at radius 1 is 0.315 bits per heavy atom. The summed E-state index contributed by atoms with van der Waals surface area (Å²) in [6.07, 6.45) is 103. The van der Waals surface area contributed by atoms with Crippen LogP contribution in [0, 0.1) is 0 Å². The van der Waals surface area contributed by atoms with Crippen molar-refractivity contribution in [3.8, 4) is 0 Å². The van der Waals surface area contributed by atoms with Crippen LogP contribution in [0.3, 0.4) is 0 Å². The molecule has 0 saturated carbocycles. The molecule has 0 heterocycles. The molecule has 526 valence electrons. The molecule has 0 saturated heterocycles. The van der Waals surface area contributed by atoms with Crippen molar-refractivity contribution >= 4 is 11.9 Å². The molecule has 0 bridgehead atoms. The number of hydrogen-bond donors (Lipinski definition) is 3. The van der Waals surface area contributed by atoms with Gasteiger partial charge in [0.15, 0.2) is 0 Å². The van der Waals surface area contributed by atoms with E-state index >= 15 is 0 Å². The van der Waals surface area contributed by atoms with Crippen molar-refractivity contribution < 1.29 is 24.5 Å². The molecule has 2 atom stereocenters. The van der Waals surface area contributed by atoms with Gasteiger partial charge in [0, 0.05) is 12.8 Å². The lowest BCUT2D eigenvalue weighted by Gasteiger charge is -2.20. The smallest absolute Gasteiger partial charge is 0.305 e. The van der Waals surface area contributed by atoms with E-state index in [0.29, 0.717) is 19.4 Å². The molecule has 2 unspecified atom stereocenters. The Morgan fingerprint density at radius 2 is 0.562 bits per heavy atom. The molecule has 0 rings (SSSR count). The fourth-order valence-electron chi connectivity index (χ4n) is 13.0. The molecular weight excluding hydrogens is 1090 g/mol. The van der Waals surface area contributed by atoms with Gasteiger partial charge in [-0.15, -0.1) is 0 Å². The number of unbranched alkanes of at least 4 members (excludes halogenated alkanes) is 62. The number of allylic oxidation sites excluding steroid dienone is 5. The van der Waals surface area contributed by atoms with Crippen LogP contribution in [0.1, 0.15) is 457 Å². The SMILES string of the molecule is CCCCC/C=C\C/C=C\CCCCCCCCCCCC(=O)OCCCCCCCCCCCCCCCCCCCCCCCCCCCCCCCCCCCCCCCC(=O)NC(CO)C(O)/C=C/CCCCCCCCCCCCCCCC. The molecule has 0 aliphatic carbocycles. The number of esters is 1. The summed E-state index contributed by atoms with van der Waals surface area (Å²) in [6.45, 7) is 4.92. The standard InChI is InChI=1S/C83H159NO5/c1-3-5-7-9-11-13-15-17-19-21-41-45-49-53-57-61-65-69-73-77-83(88)89-78-74-70-66-62-58-54-50-46-43-40-38-36-34-32-30-28-26-24-22-23-25-27-29-31-33-35-37-39-42-44-48-52-56-60-64-68-72-76-82(87)84-80(79-85)81(86)75-71-67-63-59-55-51-47-20-18-16-14-12-10-8-6-4-2/h11,13,17,19,71,75,80-81,85-86H,3-10,12,14-16,18,20-70,72-74,76-79H2,1-2H3,(H,84,87)/b13-11-,19-17-,75-71+. The number of ether oxygens (including phenoxy) is 1. The first kappa shape index (κ1) is 87.1. The van der Waals surface area contributed by atoms with Crippen LogP contribution in [0.5, 0.6) is 0 Å². The molecule has 0 aliphatic heterocycles. The number of aliphatic hydroxyl groups is 2. The molecular formula is C83H159NO5. The van der Waals surface area contributed by atoms with E-state index in [4.69, 9.17) is 4.74 Å². The number of rotatable bonds is 77. The van der Waals surface area contributed by atoms with Crippen LogP contribution in [0.15, 0.2) is 36.5 Å². The maximum atomic E-state index is 12.5. The van der Waals surface area contributed by atoms with Gasteiger partial charge in [0.25, 0.3) is 0 Å². The van der Waals surface area contributed by atoms with Crippen LogP contribution in [0.4, 0.5) is 0 Å². The molecule has 0 aromatic rings. The Balaban J connectivity index is 3.30. The van der Waals surface area contributed by atoms with Gasteiger partial charge in [-0.25, -0.2) is 0 Å². The second kappa shape index (κ2) is 78.5. The molecule has 0 fully saturated rings. The van der Waals surface area contributed by atoms with Gasteiger partial charge in [-0.2, -0.15) is 0 Å². The Hall–Kier alpha value is -1.92. The molecule has 0 aliphatic rings. The van der Waals surface area contributed by atoms with Crippen LogP contribution in [-0.2, 0) is 14.3 Å². The summed E-state index contributed by atoms with van der Waals surface area (Å²) in [5.74, 6) is -0.0388. The lowest BCUT2D eigenvalue weighted by molar-refractivity contribution is -0.143. The second-order valence-electron chi connectivity index (χ2n) is 28.1. The highest BCUT2D eigenvalue weighted by molar-refractivity contribution is 5.76. The zero-order valence-electron chi connectivity index (χ0n) is 60.4. The normalized spacial score (nSPS) is 12.6. The predicted octanol–water partition coefficient (Wildman–Crippen LogP) is 27.0. The van der Waals surface area contributed by atoms with Gasteiger partial charge in [0.1, 0.15) is 0 Å². The van der Waals surface area contributed by atoms with E-state index in [1.807, 2.05) is 6.08 Å². The Morgan fingerprint density at radius 3 is 0.876 bits per heavy atom. The van der Waals surface area contributed by atoms with Crippen molar-refractivity contribution in [2.75, 3.05) is 13.2 Å². The van der Waals surface area contributed by atoms with Crippen molar-refractivity contribution in [3.63, 3.8) is 0 Å². The van der Waals surface area contributed by atoms with Gasteiger partial charge in [0.05, 0.1) is 25.4 Å². The van der Waals surface area contributed by atoms with Gasteiger partial charge in [0.2, 0.25) is 5.91 Å². The van der Waals surface area contributed by atoms with Crippen LogP contribution >= 0.6 is 0 Å². The lowest BCUT2D eigenvalue weighted by atomic mass is 10.0. The summed E-state index contributed by atoms with van der Waals surface area (Å²) in [7, 11) is 0. The monoisotopic (exact) mass is 1250 g/mol. The topological polar surface area (TPSA) is 95.9 Å². The van der Waals surface area contributed by atoms with E-state index in [2.05, 4.69) is 43.5 Å². The van der Waals surface area contributed by atoms with E-state index in [1.54, 1.807) is 6.08 Å². The third kappa shape index (κ3) is 75.0. The molecule has 0 aromatic heterocycles. The number of amides is 1. The van der Waals surface area contributed by atoms with E-state index in [-0.39, 0.29) is 18.5 Å². The summed E-state index contributed by atoms with van der Waals surface area (Å²) in [4.78, 5) is 24.6. The largest absolute Gasteiger partial charge is 0.466 e. The van der Waals surface area contributed by atoms with Crippen molar-refractivity contribution in [2.24, 2.45) is 0 Å². The van der Waals surface area contributed by atoms with Crippen LogP contribution in [-0.4, -0.2) is 47.4 Å². The van der Waals surface area contributed by atoms with E-state index < -0.39 is 12.1 Å². The van der Waals surface area contributed by atoms with Gasteiger partial charge >= 0.3 is 5.97 Å². The Labute approximate surface area is 557 Å². The van der Waals surface area contributed by atoms with Crippen LogP contribution < -0.4 is 5.32 Å². The minimum absolute atomic E-state index is 0.0201. The summed E-state index contributed by atoms with van der Waals surface area (Å²) >= 11 is 0. The minimum Gasteiger partial charge on any atom is -0.466 e. The van der Waals surface area contributed by atoms with E-state index in [0.717, 1.165) is 44.9 Å². The maximum absolute atomic E-state index is 12.5. The maximum Gasteiger partial charge on any atom is 0.305 e. The molecule has 0 radical (unpaired) electrons. The van der Waals surface area contributed by atoms with Gasteiger partial charge < -0.3 is 20.3 Å². The number of aliphatic hydroxyl groups excluding tert-OH is 2. The fraction of sp³-hybridized carbons (Fsp3) is 0.904. The third-order valence-electron chi connectivity index (χ3n) is 19.2. The number of carbonyl (C=O) groups excluding carboxylic acids is 2. The third-order valence-corrected chi connectivity index (χ3v) is 19.2. The van der Waals surface area contributed by atoms with Crippen molar-refractivity contribution in [1.29, 1.82) is 0 Å². The highest BCUT2D eigenvalue weighted by Crippen LogP contribution is 2.20. The van der Waals surface area contributed by atoms with Crippen LogP contribution in [0.25, 0.3) is 0 Å². The Kier molecular flexibility index (Phi) is 76.8. The van der Waals surface area contributed by atoms with Crippen molar-refractivity contribution in [2.45, 2.75) is 469 Å². The van der Waals surface area contributed by atoms with Gasteiger partial charge in [-0.1, -0.05) is 416 Å². The lowest BCUT2D eigenvalue weighted by Crippen LogP contribution is -2.45. The molecule has 0 spiro atoms. The zero-order chi connectivity index (χ0) is 64.2. The first-order valence-electron chi connectivity index (χ1n) is 40.8. The predicted molar refractivity (Wildman–Crippen MR) is 393 cm³/mol. The first-order valence-corrected chi connectivity index (χ1v) is 40.8. The summed E-state index contributed by atoms with van der Waals surface area (Å²) in [6, 6.07) is -0.623. The van der Waals surface area contributed by atoms with E-state index in [1.165, 1.54) is 385 Å². The highest BCUT2D eigenvalue weighted by atomic mass is 16.5. The molecule has 6 heteroatoms. The molecule has 3 N–H and O–H groups in total. The fourth-order valence-corrected chi connectivity index (χ4v) is 13.0. The van der Waals surface area contributed by atoms with Crippen LogP contribution in [0.2, 0.25) is 0 Å². The molecule has 1 amide bonds. The molecule has 0 aromatic carbocycles. The minimum atomic E-state index is -0.840. The Bertz CT molecular complexity index is 1440. The van der Waals surface area contributed by atoms with Gasteiger partial charge in [-0.3, -0.25) is 9.59 Å². The van der Waals surface area contributed by atoms with E-state index in [9.17, 15) is 19.8 Å². The number of nitrogens with one attached hydrogen (secondary N) is 1. The quantitative estimate of drug-likeness (QED) is 0.0320. The second-order valence-corrected chi connectivity index (χ2v) is 28.1. The summed E-state index contributed by atoms with van der Waals surface area (Å²) in [5.41, 5.74) is 0. The average molecular weight is 1250 g/mol. The average Bonchev–Trinajstić information content (AvgIpc) is 3.56. The highest BCUT2D eigenvalue weighted by Gasteiger charge is 2.18. The number of carbonyl (C=O) groups is 2. The number of hydrogen-bond acceptors (Lipinski definition) is 5.